The fourth-order valence-corrected chi connectivity index (χ4v) is 1.48. The van der Waals surface area contributed by atoms with Gasteiger partial charge in [-0.3, -0.25) is 0 Å². The van der Waals surface area contributed by atoms with Crippen LogP contribution in [0.3, 0.4) is 0 Å². The summed E-state index contributed by atoms with van der Waals surface area (Å²) in [5.74, 6) is -1.72. The summed E-state index contributed by atoms with van der Waals surface area (Å²) in [4.78, 5) is 11.0. The van der Waals surface area contributed by atoms with Crippen LogP contribution in [0.1, 0.15) is 16.7 Å². The minimum Gasteiger partial charge on any atom is -0.421 e. The molecule has 0 N–H and O–H groups in total. The average molecular weight is 208 g/mol. The Labute approximate surface area is 88.4 Å². The quantitative estimate of drug-likeness (QED) is 0.424. The Morgan fingerprint density at radius 1 is 1.27 bits per heavy atom. The first kappa shape index (κ1) is 11.4. The molecule has 15 heavy (non-hydrogen) atoms. The Hall–Kier alpha value is -1.64. The Bertz CT molecular complexity index is 399. The third-order valence-corrected chi connectivity index (χ3v) is 2.02. The number of aryl methyl sites for hydroxylation is 3. The zero-order chi connectivity index (χ0) is 11.6. The lowest BCUT2D eigenvalue weighted by molar-refractivity contribution is -0.131. The van der Waals surface area contributed by atoms with Crippen molar-refractivity contribution < 1.29 is 13.9 Å². The molecular formula is C12H13FO2. The molecule has 0 saturated carbocycles. The molecule has 0 fully saturated rings. The zero-order valence-corrected chi connectivity index (χ0v) is 9.06. The van der Waals surface area contributed by atoms with E-state index in [1.807, 2.05) is 32.9 Å². The molecule has 3 heteroatoms. The van der Waals surface area contributed by atoms with Gasteiger partial charge in [-0.2, -0.15) is 4.39 Å². The molecular weight excluding hydrogens is 195 g/mol. The van der Waals surface area contributed by atoms with Crippen LogP contribution in [0.2, 0.25) is 0 Å². The van der Waals surface area contributed by atoms with Gasteiger partial charge in [0.15, 0.2) is 0 Å². The minimum absolute atomic E-state index is 0.407. The summed E-state index contributed by atoms with van der Waals surface area (Å²) in [7, 11) is 0. The molecule has 0 spiro atoms. The van der Waals surface area contributed by atoms with Gasteiger partial charge in [-0.1, -0.05) is 24.3 Å². The van der Waals surface area contributed by atoms with Gasteiger partial charge in [-0.25, -0.2) is 4.79 Å². The molecule has 0 aliphatic carbocycles. The first-order valence-electron chi connectivity index (χ1n) is 4.56. The highest BCUT2D eigenvalue weighted by Gasteiger charge is 2.13. The fourth-order valence-electron chi connectivity index (χ4n) is 1.48. The standard InChI is InChI=1S/C12H13FO2/c1-7-5-8(2)11(9(3)6-7)15-12(14)10(4)13/h5-6H,4H2,1-3H3. The number of carbonyl (C=O) groups excluding carboxylic acids is 1. The van der Waals surface area contributed by atoms with Crippen molar-refractivity contribution in [3.8, 4) is 5.75 Å². The molecule has 0 heterocycles. The van der Waals surface area contributed by atoms with E-state index in [-0.39, 0.29) is 0 Å². The SMILES string of the molecule is C=C(F)C(=O)Oc1c(C)cc(C)cc1C. The molecule has 0 amide bonds. The lowest BCUT2D eigenvalue weighted by atomic mass is 10.1. The zero-order valence-electron chi connectivity index (χ0n) is 9.06. The first-order valence-corrected chi connectivity index (χ1v) is 4.56. The van der Waals surface area contributed by atoms with Crippen LogP contribution in [0.4, 0.5) is 4.39 Å². The summed E-state index contributed by atoms with van der Waals surface area (Å²) >= 11 is 0. The molecule has 0 atom stereocenters. The van der Waals surface area contributed by atoms with E-state index in [0.717, 1.165) is 16.7 Å². The Morgan fingerprint density at radius 2 is 1.73 bits per heavy atom. The van der Waals surface area contributed by atoms with Crippen molar-refractivity contribution in [3.05, 3.63) is 41.2 Å². The van der Waals surface area contributed by atoms with Gasteiger partial charge in [0.25, 0.3) is 0 Å². The second-order valence-corrected chi connectivity index (χ2v) is 3.52. The largest absolute Gasteiger partial charge is 0.421 e. The van der Waals surface area contributed by atoms with Gasteiger partial charge < -0.3 is 4.74 Å². The van der Waals surface area contributed by atoms with Gasteiger partial charge in [0.1, 0.15) is 5.75 Å². The molecule has 80 valence electrons. The Kier molecular flexibility index (Phi) is 3.24. The maximum Gasteiger partial charge on any atom is 0.371 e. The van der Waals surface area contributed by atoms with Crippen molar-refractivity contribution in [1.29, 1.82) is 0 Å². The van der Waals surface area contributed by atoms with Crippen LogP contribution in [0, 0.1) is 20.8 Å². The van der Waals surface area contributed by atoms with Gasteiger partial charge in [0, 0.05) is 0 Å². The van der Waals surface area contributed by atoms with E-state index in [4.69, 9.17) is 4.74 Å². The predicted molar refractivity (Wildman–Crippen MR) is 56.5 cm³/mol. The third-order valence-electron chi connectivity index (χ3n) is 2.02. The van der Waals surface area contributed by atoms with Crippen molar-refractivity contribution in [3.63, 3.8) is 0 Å². The van der Waals surface area contributed by atoms with Crippen LogP contribution < -0.4 is 4.74 Å². The van der Waals surface area contributed by atoms with Crippen LogP contribution in [-0.2, 0) is 4.79 Å². The number of carbonyl (C=O) groups is 1. The van der Waals surface area contributed by atoms with Gasteiger partial charge in [0.2, 0.25) is 5.83 Å². The third kappa shape index (κ3) is 2.65. The van der Waals surface area contributed by atoms with Crippen molar-refractivity contribution in [2.24, 2.45) is 0 Å². The summed E-state index contributed by atoms with van der Waals surface area (Å²) < 4.78 is 17.3. The van der Waals surface area contributed by atoms with Gasteiger partial charge in [-0.15, -0.1) is 0 Å². The highest BCUT2D eigenvalue weighted by Crippen LogP contribution is 2.25. The second kappa shape index (κ2) is 4.26. The number of benzene rings is 1. The lowest BCUT2D eigenvalue weighted by Gasteiger charge is -2.10. The van der Waals surface area contributed by atoms with E-state index in [1.54, 1.807) is 0 Å². The summed E-state index contributed by atoms with van der Waals surface area (Å²) in [6.45, 7) is 8.45. The highest BCUT2D eigenvalue weighted by molar-refractivity contribution is 5.87. The van der Waals surface area contributed by atoms with E-state index in [2.05, 4.69) is 6.58 Å². The number of ether oxygens (including phenoxy) is 1. The smallest absolute Gasteiger partial charge is 0.371 e. The molecule has 0 unspecified atom stereocenters. The van der Waals surface area contributed by atoms with E-state index in [9.17, 15) is 9.18 Å². The average Bonchev–Trinajstić information content (AvgIpc) is 2.10. The van der Waals surface area contributed by atoms with E-state index >= 15 is 0 Å². The summed E-state index contributed by atoms with van der Waals surface area (Å²) in [6.07, 6.45) is 0. The van der Waals surface area contributed by atoms with Crippen LogP contribution in [-0.4, -0.2) is 5.97 Å². The molecule has 0 aromatic heterocycles. The van der Waals surface area contributed by atoms with Crippen molar-refractivity contribution in [2.45, 2.75) is 20.8 Å². The van der Waals surface area contributed by atoms with Gasteiger partial charge >= 0.3 is 5.97 Å². The van der Waals surface area contributed by atoms with Crippen LogP contribution in [0.5, 0.6) is 5.75 Å². The van der Waals surface area contributed by atoms with Gasteiger partial charge in [-0.05, 0) is 31.9 Å². The van der Waals surface area contributed by atoms with Crippen molar-refractivity contribution >= 4 is 5.97 Å². The number of halogens is 1. The maximum atomic E-state index is 12.5. The molecule has 2 nitrogen and oxygen atoms in total. The lowest BCUT2D eigenvalue weighted by Crippen LogP contribution is -2.09. The molecule has 0 saturated heterocycles. The summed E-state index contributed by atoms with van der Waals surface area (Å²) in [6, 6.07) is 3.74. The monoisotopic (exact) mass is 208 g/mol. The Morgan fingerprint density at radius 3 is 2.13 bits per heavy atom. The van der Waals surface area contributed by atoms with Crippen LogP contribution in [0.25, 0.3) is 0 Å². The van der Waals surface area contributed by atoms with Crippen LogP contribution in [0.15, 0.2) is 24.5 Å². The molecule has 1 aromatic rings. The van der Waals surface area contributed by atoms with Crippen molar-refractivity contribution in [2.75, 3.05) is 0 Å². The number of rotatable bonds is 2. The van der Waals surface area contributed by atoms with Crippen LogP contribution >= 0.6 is 0 Å². The topological polar surface area (TPSA) is 26.3 Å². The normalized spacial score (nSPS) is 9.87. The predicted octanol–water partition coefficient (Wildman–Crippen LogP) is 3.00. The summed E-state index contributed by atoms with van der Waals surface area (Å²) in [5, 5.41) is 0. The molecule has 0 aliphatic rings. The molecule has 0 radical (unpaired) electrons. The minimum atomic E-state index is -1.09. The Balaban J connectivity index is 3.05. The fraction of sp³-hybridized carbons (Fsp3) is 0.250. The molecule has 0 aliphatic heterocycles. The number of hydrogen-bond donors (Lipinski definition) is 0. The maximum absolute atomic E-state index is 12.5. The highest BCUT2D eigenvalue weighted by atomic mass is 19.1. The first-order chi connectivity index (χ1) is 6.91. The molecule has 0 bridgehead atoms. The van der Waals surface area contributed by atoms with E-state index < -0.39 is 11.8 Å². The van der Waals surface area contributed by atoms with E-state index in [0.29, 0.717) is 5.75 Å². The molecule has 1 rings (SSSR count). The second-order valence-electron chi connectivity index (χ2n) is 3.52. The number of hydrogen-bond acceptors (Lipinski definition) is 2. The molecule has 1 aromatic carbocycles. The van der Waals surface area contributed by atoms with Gasteiger partial charge in [0.05, 0.1) is 0 Å². The number of esters is 1. The van der Waals surface area contributed by atoms with Crippen molar-refractivity contribution in [1.82, 2.24) is 0 Å². The summed E-state index contributed by atoms with van der Waals surface area (Å²) in [5.41, 5.74) is 2.69. The van der Waals surface area contributed by atoms with E-state index in [1.165, 1.54) is 0 Å².